The highest BCUT2D eigenvalue weighted by atomic mass is 16.1. The zero-order valence-corrected chi connectivity index (χ0v) is 10.0. The van der Waals surface area contributed by atoms with Crippen LogP contribution in [0.4, 0.5) is 0 Å². The van der Waals surface area contributed by atoms with Gasteiger partial charge in [0.1, 0.15) is 5.92 Å². The predicted octanol–water partition coefficient (Wildman–Crippen LogP) is 3.23. The maximum absolute atomic E-state index is 12.2. The summed E-state index contributed by atoms with van der Waals surface area (Å²) in [5.74, 6) is -0.523. The molecule has 0 N–H and O–H groups in total. The van der Waals surface area contributed by atoms with Crippen molar-refractivity contribution in [1.82, 2.24) is 0 Å². The highest BCUT2D eigenvalue weighted by Crippen LogP contribution is 2.19. The number of nitriles is 1. The molecule has 0 aliphatic heterocycles. The molecule has 0 saturated heterocycles. The molecule has 2 heteroatoms. The fourth-order valence-electron chi connectivity index (χ4n) is 1.75. The molecule has 0 aromatic heterocycles. The molecule has 0 aliphatic carbocycles. The van der Waals surface area contributed by atoms with E-state index in [1.165, 1.54) is 0 Å². The number of nitrogens with zero attached hydrogens (tertiary/aromatic N) is 1. The molecule has 0 saturated carbocycles. The second-order valence-corrected chi connectivity index (χ2v) is 4.23. The van der Waals surface area contributed by atoms with Crippen molar-refractivity contribution in [3.05, 3.63) is 35.4 Å². The van der Waals surface area contributed by atoms with Crippen LogP contribution in [-0.4, -0.2) is 5.78 Å². The van der Waals surface area contributed by atoms with Crippen molar-refractivity contribution in [2.24, 2.45) is 11.8 Å². The van der Waals surface area contributed by atoms with Gasteiger partial charge in [-0.05, 0) is 17.9 Å². The first-order chi connectivity index (χ1) is 7.61. The smallest absolute Gasteiger partial charge is 0.180 e. The molecule has 0 amide bonds. The zero-order valence-electron chi connectivity index (χ0n) is 10.0. The standard InChI is InChI=1S/C14H17NO/c1-4-11-7-5-6-8-12(11)14(16)13(9-15)10(2)3/h5-8,10,13H,4H2,1-3H3. The summed E-state index contributed by atoms with van der Waals surface area (Å²) in [6.45, 7) is 5.82. The molecule has 1 atom stereocenters. The van der Waals surface area contributed by atoms with Crippen molar-refractivity contribution >= 4 is 5.78 Å². The Morgan fingerprint density at radius 2 is 2.00 bits per heavy atom. The van der Waals surface area contributed by atoms with Gasteiger partial charge in [0.25, 0.3) is 0 Å². The van der Waals surface area contributed by atoms with Gasteiger partial charge < -0.3 is 0 Å². The van der Waals surface area contributed by atoms with Crippen LogP contribution in [0.3, 0.4) is 0 Å². The van der Waals surface area contributed by atoms with E-state index in [2.05, 4.69) is 6.07 Å². The summed E-state index contributed by atoms with van der Waals surface area (Å²) in [4.78, 5) is 12.2. The molecule has 0 bridgehead atoms. The van der Waals surface area contributed by atoms with Gasteiger partial charge in [-0.15, -0.1) is 0 Å². The molecular formula is C14H17NO. The summed E-state index contributed by atoms with van der Waals surface area (Å²) in [5.41, 5.74) is 1.72. The van der Waals surface area contributed by atoms with Crippen molar-refractivity contribution in [2.75, 3.05) is 0 Å². The lowest BCUT2D eigenvalue weighted by Gasteiger charge is -2.13. The summed E-state index contributed by atoms with van der Waals surface area (Å²) in [5, 5.41) is 9.02. The first-order valence-electron chi connectivity index (χ1n) is 5.63. The lowest BCUT2D eigenvalue weighted by molar-refractivity contribution is 0.0923. The van der Waals surface area contributed by atoms with Gasteiger partial charge in [-0.1, -0.05) is 45.0 Å². The molecule has 16 heavy (non-hydrogen) atoms. The van der Waals surface area contributed by atoms with Crippen LogP contribution in [0.25, 0.3) is 0 Å². The minimum atomic E-state index is -0.535. The first-order valence-corrected chi connectivity index (χ1v) is 5.63. The van der Waals surface area contributed by atoms with Gasteiger partial charge in [-0.2, -0.15) is 5.26 Å². The van der Waals surface area contributed by atoms with Gasteiger partial charge in [-0.25, -0.2) is 0 Å². The maximum atomic E-state index is 12.2. The van der Waals surface area contributed by atoms with Gasteiger partial charge in [0, 0.05) is 5.56 Å². The average Bonchev–Trinajstić information content (AvgIpc) is 2.29. The fraction of sp³-hybridized carbons (Fsp3) is 0.429. The van der Waals surface area contributed by atoms with Crippen LogP contribution >= 0.6 is 0 Å². The Morgan fingerprint density at radius 1 is 1.38 bits per heavy atom. The van der Waals surface area contributed by atoms with Crippen LogP contribution in [0.2, 0.25) is 0 Å². The lowest BCUT2D eigenvalue weighted by atomic mass is 9.87. The van der Waals surface area contributed by atoms with E-state index in [0.29, 0.717) is 5.56 Å². The Balaban J connectivity index is 3.09. The van der Waals surface area contributed by atoms with E-state index in [9.17, 15) is 4.79 Å². The highest BCUT2D eigenvalue weighted by Gasteiger charge is 2.24. The van der Waals surface area contributed by atoms with E-state index >= 15 is 0 Å². The molecule has 1 unspecified atom stereocenters. The van der Waals surface area contributed by atoms with Gasteiger partial charge in [-0.3, -0.25) is 4.79 Å². The quantitative estimate of drug-likeness (QED) is 0.723. The number of carbonyl (C=O) groups is 1. The van der Waals surface area contributed by atoms with Crippen LogP contribution in [0, 0.1) is 23.2 Å². The molecular weight excluding hydrogens is 198 g/mol. The molecule has 0 spiro atoms. The second-order valence-electron chi connectivity index (χ2n) is 4.23. The number of Topliss-reactive ketones (excluding diaryl/α,β-unsaturated/α-hetero) is 1. The van der Waals surface area contributed by atoms with Gasteiger partial charge in [0.2, 0.25) is 0 Å². The number of aryl methyl sites for hydroxylation is 1. The third-order valence-corrected chi connectivity index (χ3v) is 2.75. The summed E-state index contributed by atoms with van der Waals surface area (Å²) in [7, 11) is 0. The minimum absolute atomic E-state index is 0.0463. The Hall–Kier alpha value is -1.62. The summed E-state index contributed by atoms with van der Waals surface area (Å²) in [6, 6.07) is 9.63. The molecule has 1 aromatic rings. The zero-order chi connectivity index (χ0) is 12.1. The average molecular weight is 215 g/mol. The largest absolute Gasteiger partial charge is 0.293 e. The summed E-state index contributed by atoms with van der Waals surface area (Å²) >= 11 is 0. The van der Waals surface area contributed by atoms with E-state index in [0.717, 1.165) is 12.0 Å². The number of carbonyl (C=O) groups excluding carboxylic acids is 1. The van der Waals surface area contributed by atoms with Crippen molar-refractivity contribution in [1.29, 1.82) is 5.26 Å². The van der Waals surface area contributed by atoms with Gasteiger partial charge in [0.05, 0.1) is 6.07 Å². The number of ketones is 1. The lowest BCUT2D eigenvalue weighted by Crippen LogP contribution is -2.19. The SMILES string of the molecule is CCc1ccccc1C(=O)C(C#N)C(C)C. The molecule has 2 nitrogen and oxygen atoms in total. The van der Waals surface area contributed by atoms with Gasteiger partial charge >= 0.3 is 0 Å². The number of benzene rings is 1. The first kappa shape index (κ1) is 12.4. The third kappa shape index (κ3) is 2.49. The molecule has 1 rings (SSSR count). The molecule has 0 aliphatic rings. The van der Waals surface area contributed by atoms with Crippen LogP contribution in [0.5, 0.6) is 0 Å². The molecule has 1 aromatic carbocycles. The second kappa shape index (κ2) is 5.46. The van der Waals surface area contributed by atoms with Crippen LogP contribution < -0.4 is 0 Å². The maximum Gasteiger partial charge on any atom is 0.180 e. The summed E-state index contributed by atoms with van der Waals surface area (Å²) < 4.78 is 0. The number of rotatable bonds is 4. The summed E-state index contributed by atoms with van der Waals surface area (Å²) in [6.07, 6.45) is 0.818. The van der Waals surface area contributed by atoms with Crippen LogP contribution in [0.15, 0.2) is 24.3 Å². The Labute approximate surface area is 96.9 Å². The highest BCUT2D eigenvalue weighted by molar-refractivity contribution is 6.00. The van der Waals surface area contributed by atoms with Crippen molar-refractivity contribution in [2.45, 2.75) is 27.2 Å². The van der Waals surface area contributed by atoms with Gasteiger partial charge in [0.15, 0.2) is 5.78 Å². The van der Waals surface area contributed by atoms with E-state index < -0.39 is 5.92 Å². The Morgan fingerprint density at radius 3 is 2.50 bits per heavy atom. The third-order valence-electron chi connectivity index (χ3n) is 2.75. The Bertz CT molecular complexity index is 415. The van der Waals surface area contributed by atoms with Crippen molar-refractivity contribution < 1.29 is 4.79 Å². The topological polar surface area (TPSA) is 40.9 Å². The fourth-order valence-corrected chi connectivity index (χ4v) is 1.75. The monoisotopic (exact) mass is 215 g/mol. The minimum Gasteiger partial charge on any atom is -0.293 e. The predicted molar refractivity (Wildman–Crippen MR) is 64.1 cm³/mol. The molecule has 84 valence electrons. The van der Waals surface area contributed by atoms with Crippen LogP contribution in [0.1, 0.15) is 36.7 Å². The molecule has 0 fully saturated rings. The van der Waals surface area contributed by atoms with E-state index in [1.54, 1.807) is 0 Å². The van der Waals surface area contributed by atoms with E-state index in [-0.39, 0.29) is 11.7 Å². The number of hydrogen-bond donors (Lipinski definition) is 0. The molecule has 0 radical (unpaired) electrons. The van der Waals surface area contributed by atoms with E-state index in [1.807, 2.05) is 45.0 Å². The van der Waals surface area contributed by atoms with Crippen LogP contribution in [-0.2, 0) is 6.42 Å². The van der Waals surface area contributed by atoms with E-state index in [4.69, 9.17) is 5.26 Å². The number of hydrogen-bond acceptors (Lipinski definition) is 2. The van der Waals surface area contributed by atoms with Crippen molar-refractivity contribution in [3.63, 3.8) is 0 Å². The molecule has 0 heterocycles. The normalized spacial score (nSPS) is 12.2. The van der Waals surface area contributed by atoms with Crippen molar-refractivity contribution in [3.8, 4) is 6.07 Å². The Kier molecular flexibility index (Phi) is 4.25.